The Morgan fingerprint density at radius 1 is 1.30 bits per heavy atom. The van der Waals surface area contributed by atoms with Crippen LogP contribution in [0.1, 0.15) is 25.0 Å². The predicted molar refractivity (Wildman–Crippen MR) is 120 cm³/mol. The van der Waals surface area contributed by atoms with E-state index in [9.17, 15) is 5.21 Å². The maximum Gasteiger partial charge on any atom is 0.0856 e. The van der Waals surface area contributed by atoms with Gasteiger partial charge in [0.1, 0.15) is 0 Å². The van der Waals surface area contributed by atoms with E-state index >= 15 is 0 Å². The van der Waals surface area contributed by atoms with Crippen LogP contribution in [0.15, 0.2) is 71.4 Å². The normalized spacial score (nSPS) is 23.5. The van der Waals surface area contributed by atoms with Gasteiger partial charge in [0.15, 0.2) is 0 Å². The van der Waals surface area contributed by atoms with Crippen molar-refractivity contribution in [3.63, 3.8) is 0 Å². The summed E-state index contributed by atoms with van der Waals surface area (Å²) in [5, 5.41) is 15.0. The largest absolute Gasteiger partial charge is 0.767 e. The fourth-order valence-corrected chi connectivity index (χ4v) is 3.66. The molecule has 5 heteroatoms. The van der Waals surface area contributed by atoms with Crippen molar-refractivity contribution in [1.82, 2.24) is 10.2 Å². The molecule has 2 unspecified atom stereocenters. The van der Waals surface area contributed by atoms with Gasteiger partial charge in [-0.25, -0.2) is 0 Å². The van der Waals surface area contributed by atoms with Crippen molar-refractivity contribution in [3.8, 4) is 0 Å². The summed E-state index contributed by atoms with van der Waals surface area (Å²) in [5.74, 6) is 0. The van der Waals surface area contributed by atoms with Gasteiger partial charge in [0.2, 0.25) is 0 Å². The third-order valence-electron chi connectivity index (χ3n) is 4.73. The van der Waals surface area contributed by atoms with Crippen LogP contribution in [0.5, 0.6) is 0 Å². The van der Waals surface area contributed by atoms with Crippen molar-refractivity contribution < 1.29 is 0 Å². The molecule has 2 rings (SSSR count). The highest BCUT2D eigenvalue weighted by atomic mass is 32.1. The molecule has 0 fully saturated rings. The van der Waals surface area contributed by atoms with Crippen LogP contribution < -0.4 is 0 Å². The topological polar surface area (TPSA) is 41.9 Å². The van der Waals surface area contributed by atoms with Crippen LogP contribution >= 0.6 is 12.6 Å². The number of aliphatic imine (C=N–C) groups is 1. The smallest absolute Gasteiger partial charge is 0.0856 e. The Morgan fingerprint density at radius 2 is 2.00 bits per heavy atom. The second-order valence-corrected chi connectivity index (χ2v) is 7.38. The summed E-state index contributed by atoms with van der Waals surface area (Å²) in [6, 6.07) is 8.18. The minimum atomic E-state index is -0.565. The van der Waals surface area contributed by atoms with Crippen molar-refractivity contribution >= 4 is 24.4 Å². The van der Waals surface area contributed by atoms with Crippen molar-refractivity contribution in [1.29, 1.82) is 0 Å². The number of aryl methyl sites for hydroxylation is 1. The molecule has 0 N–H and O–H groups in total. The molecule has 0 spiro atoms. The number of hydroxylamine groups is 1. The standard InChI is InChI=1S/C22H28N3OS/c1-17-10-6-7-11-20(17)19(13-15-23-4)16-18(2)25(24(5)26)22(3)14-9-8-12-21(22)27/h6-16,21,27H,1-5H3/q-1/b18-16+,19-13-,23-15?. The molecule has 0 saturated carbocycles. The molecule has 144 valence electrons. The second-order valence-electron chi connectivity index (χ2n) is 6.82. The fraction of sp³-hybridized carbons (Fsp3) is 0.318. The van der Waals surface area contributed by atoms with Crippen LogP contribution in [0.3, 0.4) is 0 Å². The van der Waals surface area contributed by atoms with E-state index in [1.807, 2.05) is 62.4 Å². The summed E-state index contributed by atoms with van der Waals surface area (Å²) in [7, 11) is 3.26. The number of benzene rings is 1. The monoisotopic (exact) mass is 382 g/mol. The maximum absolute atomic E-state index is 12.5. The lowest BCUT2D eigenvalue weighted by molar-refractivity contribution is 0.0113. The number of rotatable bonds is 6. The molecule has 1 aliphatic carbocycles. The molecule has 0 bridgehead atoms. The number of hydrazine groups is 1. The van der Waals surface area contributed by atoms with E-state index < -0.39 is 5.54 Å². The zero-order valence-corrected chi connectivity index (χ0v) is 17.5. The predicted octanol–water partition coefficient (Wildman–Crippen LogP) is 4.81. The summed E-state index contributed by atoms with van der Waals surface area (Å²) >= 11 is 4.70. The molecule has 0 radical (unpaired) electrons. The molecule has 0 aliphatic heterocycles. The highest BCUT2D eigenvalue weighted by molar-refractivity contribution is 7.81. The molecular formula is C22H28N3OS-. The number of hydrogen-bond acceptors (Lipinski definition) is 5. The lowest BCUT2D eigenvalue weighted by atomic mass is 9.91. The summed E-state index contributed by atoms with van der Waals surface area (Å²) in [6.07, 6.45) is 13.7. The highest BCUT2D eigenvalue weighted by Crippen LogP contribution is 2.34. The zero-order valence-electron chi connectivity index (χ0n) is 16.6. The second kappa shape index (κ2) is 9.22. The van der Waals surface area contributed by atoms with Gasteiger partial charge in [-0.05, 0) is 56.7 Å². The Balaban J connectivity index is 2.53. The first-order valence-electron chi connectivity index (χ1n) is 8.93. The average molecular weight is 383 g/mol. The lowest BCUT2D eigenvalue weighted by Crippen LogP contribution is -2.55. The Labute approximate surface area is 168 Å². The zero-order chi connectivity index (χ0) is 20.0. The van der Waals surface area contributed by atoms with Crippen LogP contribution in [-0.4, -0.2) is 41.3 Å². The van der Waals surface area contributed by atoms with E-state index in [4.69, 9.17) is 12.6 Å². The fourth-order valence-electron chi connectivity index (χ4n) is 3.37. The molecule has 0 amide bonds. The quantitative estimate of drug-likeness (QED) is 0.332. The molecule has 0 saturated heterocycles. The van der Waals surface area contributed by atoms with Crippen LogP contribution in [-0.2, 0) is 0 Å². The van der Waals surface area contributed by atoms with Gasteiger partial charge < -0.3 is 10.2 Å². The lowest BCUT2D eigenvalue weighted by Gasteiger charge is -2.52. The number of nitrogens with zero attached hydrogens (tertiary/aromatic N) is 3. The summed E-state index contributed by atoms with van der Waals surface area (Å²) in [5.41, 5.74) is 3.53. The van der Waals surface area contributed by atoms with Gasteiger partial charge in [0.25, 0.3) is 0 Å². The van der Waals surface area contributed by atoms with Gasteiger partial charge >= 0.3 is 0 Å². The number of allylic oxidation sites excluding steroid dienone is 6. The molecular weight excluding hydrogens is 354 g/mol. The minimum absolute atomic E-state index is 0.106. The third kappa shape index (κ3) is 4.80. The highest BCUT2D eigenvalue weighted by Gasteiger charge is 2.36. The van der Waals surface area contributed by atoms with E-state index in [-0.39, 0.29) is 5.25 Å². The first-order valence-corrected chi connectivity index (χ1v) is 9.44. The summed E-state index contributed by atoms with van der Waals surface area (Å²) in [6.45, 7) is 6.04. The molecule has 27 heavy (non-hydrogen) atoms. The average Bonchev–Trinajstić information content (AvgIpc) is 2.61. The number of thiol groups is 1. The molecule has 0 heterocycles. The minimum Gasteiger partial charge on any atom is -0.767 e. The van der Waals surface area contributed by atoms with E-state index in [0.29, 0.717) is 0 Å². The number of hydrogen-bond donors (Lipinski definition) is 1. The van der Waals surface area contributed by atoms with Crippen molar-refractivity contribution in [2.75, 3.05) is 14.1 Å². The van der Waals surface area contributed by atoms with Crippen LogP contribution in [0, 0.1) is 12.1 Å². The first-order chi connectivity index (χ1) is 12.8. The molecule has 4 nitrogen and oxygen atoms in total. The van der Waals surface area contributed by atoms with Crippen molar-refractivity contribution in [2.24, 2.45) is 4.99 Å². The van der Waals surface area contributed by atoms with Crippen LogP contribution in [0.4, 0.5) is 0 Å². The van der Waals surface area contributed by atoms with Crippen LogP contribution in [0.25, 0.3) is 5.57 Å². The van der Waals surface area contributed by atoms with Crippen LogP contribution in [0.2, 0.25) is 0 Å². The summed E-state index contributed by atoms with van der Waals surface area (Å²) < 4.78 is 0. The molecule has 2 atom stereocenters. The Morgan fingerprint density at radius 3 is 2.59 bits per heavy atom. The Bertz CT molecular complexity index is 808. The van der Waals surface area contributed by atoms with Gasteiger partial charge in [0.05, 0.1) is 5.54 Å². The molecule has 0 aromatic heterocycles. The third-order valence-corrected chi connectivity index (χ3v) is 5.43. The summed E-state index contributed by atoms with van der Waals surface area (Å²) in [4.78, 5) is 4.08. The van der Waals surface area contributed by atoms with E-state index in [1.54, 1.807) is 18.3 Å². The Kier molecular flexibility index (Phi) is 7.25. The van der Waals surface area contributed by atoms with E-state index in [2.05, 4.69) is 24.0 Å². The van der Waals surface area contributed by atoms with Gasteiger partial charge in [0, 0.05) is 24.2 Å². The first kappa shape index (κ1) is 21.2. The van der Waals surface area contributed by atoms with E-state index in [1.165, 1.54) is 7.05 Å². The Hall–Kier alpha value is -2.08. The maximum atomic E-state index is 12.5. The van der Waals surface area contributed by atoms with Gasteiger partial charge in [-0.3, -0.25) is 10.2 Å². The van der Waals surface area contributed by atoms with Gasteiger partial charge in [-0.2, -0.15) is 12.6 Å². The SMILES string of the molecule is CN=C/C=C(/C=C(\C)N(N(C)[O-])C1(C)C=CC=CC1S)c1ccccc1C. The molecule has 1 aliphatic rings. The molecule has 1 aromatic rings. The van der Waals surface area contributed by atoms with Crippen molar-refractivity contribution in [3.05, 3.63) is 82.8 Å². The van der Waals surface area contributed by atoms with Gasteiger partial charge in [-0.15, -0.1) is 0 Å². The molecule has 1 aromatic carbocycles. The van der Waals surface area contributed by atoms with Crippen molar-refractivity contribution in [2.45, 2.75) is 31.6 Å². The van der Waals surface area contributed by atoms with E-state index in [0.717, 1.165) is 27.6 Å². The van der Waals surface area contributed by atoms with Gasteiger partial charge in [-0.1, -0.05) is 48.6 Å².